The van der Waals surface area contributed by atoms with Gasteiger partial charge in [0, 0.05) is 26.0 Å². The van der Waals surface area contributed by atoms with Gasteiger partial charge < -0.3 is 15.2 Å². The van der Waals surface area contributed by atoms with Crippen LogP contribution in [0.3, 0.4) is 0 Å². The van der Waals surface area contributed by atoms with E-state index in [0.29, 0.717) is 26.1 Å². The second kappa shape index (κ2) is 6.68. The van der Waals surface area contributed by atoms with Gasteiger partial charge in [-0.05, 0) is 18.4 Å². The summed E-state index contributed by atoms with van der Waals surface area (Å²) in [6, 6.07) is 10.1. The molecule has 0 bridgehead atoms. The second-order valence-corrected chi connectivity index (χ2v) is 5.14. The van der Waals surface area contributed by atoms with Gasteiger partial charge >= 0.3 is 0 Å². The average Bonchev–Trinajstić information content (AvgIpc) is 2.85. The van der Waals surface area contributed by atoms with Gasteiger partial charge in [0.1, 0.15) is 5.60 Å². The van der Waals surface area contributed by atoms with Gasteiger partial charge in [-0.25, -0.2) is 0 Å². The minimum atomic E-state index is -0.866. The van der Waals surface area contributed by atoms with Crippen LogP contribution in [-0.4, -0.2) is 36.4 Å². The Hall–Kier alpha value is -1.39. The van der Waals surface area contributed by atoms with Crippen molar-refractivity contribution in [2.75, 3.05) is 19.8 Å². The fourth-order valence-corrected chi connectivity index (χ4v) is 2.19. The summed E-state index contributed by atoms with van der Waals surface area (Å²) in [6.07, 6.45) is 2.82. The van der Waals surface area contributed by atoms with Crippen LogP contribution in [0, 0.1) is 0 Å². The van der Waals surface area contributed by atoms with Gasteiger partial charge in [-0.3, -0.25) is 4.79 Å². The Kier molecular flexibility index (Phi) is 4.93. The SMILES string of the molecule is O=C(CCCc1ccccc1)NC[C@]1(O)CCOC1. The number of carbonyl (C=O) groups excluding carboxylic acids is 1. The standard InChI is InChI=1S/C15H21NO3/c17-14(16-11-15(18)9-10-19-12-15)8-4-7-13-5-2-1-3-6-13/h1-3,5-6,18H,4,7-12H2,(H,16,17)/t15-/m1/s1. The quantitative estimate of drug-likeness (QED) is 0.813. The third kappa shape index (κ3) is 4.65. The lowest BCUT2D eigenvalue weighted by Gasteiger charge is -2.20. The normalized spacial score (nSPS) is 22.4. The first-order valence-electron chi connectivity index (χ1n) is 6.79. The number of hydrogen-bond acceptors (Lipinski definition) is 3. The lowest BCUT2D eigenvalue weighted by Crippen LogP contribution is -2.43. The molecular weight excluding hydrogens is 242 g/mol. The maximum absolute atomic E-state index is 11.7. The van der Waals surface area contributed by atoms with Gasteiger partial charge in [-0.1, -0.05) is 30.3 Å². The summed E-state index contributed by atoms with van der Waals surface area (Å²) in [5, 5.41) is 12.8. The molecule has 0 spiro atoms. The van der Waals surface area contributed by atoms with Crippen LogP contribution in [0.1, 0.15) is 24.8 Å². The zero-order chi connectivity index (χ0) is 13.6. The van der Waals surface area contributed by atoms with Crippen molar-refractivity contribution in [2.45, 2.75) is 31.3 Å². The number of carbonyl (C=O) groups is 1. The molecule has 1 aromatic carbocycles. The molecular formula is C15H21NO3. The number of rotatable bonds is 6. The molecule has 4 nitrogen and oxygen atoms in total. The van der Waals surface area contributed by atoms with E-state index in [1.165, 1.54) is 5.56 Å². The molecule has 0 radical (unpaired) electrons. The number of amides is 1. The van der Waals surface area contributed by atoms with E-state index >= 15 is 0 Å². The van der Waals surface area contributed by atoms with Gasteiger partial charge in [-0.2, -0.15) is 0 Å². The molecule has 1 heterocycles. The fourth-order valence-electron chi connectivity index (χ4n) is 2.19. The number of hydrogen-bond donors (Lipinski definition) is 2. The Labute approximate surface area is 113 Å². The van der Waals surface area contributed by atoms with E-state index in [4.69, 9.17) is 4.74 Å². The molecule has 1 amide bonds. The van der Waals surface area contributed by atoms with E-state index in [9.17, 15) is 9.90 Å². The van der Waals surface area contributed by atoms with Crippen molar-refractivity contribution in [3.8, 4) is 0 Å². The van der Waals surface area contributed by atoms with Gasteiger partial charge in [0.15, 0.2) is 0 Å². The number of nitrogens with one attached hydrogen (secondary N) is 1. The van der Waals surface area contributed by atoms with Crippen LogP contribution in [0.4, 0.5) is 0 Å². The molecule has 19 heavy (non-hydrogen) atoms. The lowest BCUT2D eigenvalue weighted by atomic mass is 10.0. The van der Waals surface area contributed by atoms with E-state index in [2.05, 4.69) is 17.4 Å². The number of ether oxygens (including phenoxy) is 1. The summed E-state index contributed by atoms with van der Waals surface area (Å²) in [7, 11) is 0. The highest BCUT2D eigenvalue weighted by atomic mass is 16.5. The molecule has 4 heteroatoms. The number of aryl methyl sites for hydroxylation is 1. The van der Waals surface area contributed by atoms with Crippen molar-refractivity contribution in [3.63, 3.8) is 0 Å². The minimum absolute atomic E-state index is 0.00347. The Bertz CT molecular complexity index is 399. The zero-order valence-corrected chi connectivity index (χ0v) is 11.1. The Morgan fingerprint density at radius 3 is 2.84 bits per heavy atom. The molecule has 104 valence electrons. The summed E-state index contributed by atoms with van der Waals surface area (Å²) in [5.74, 6) is -0.00347. The molecule has 0 unspecified atom stereocenters. The fraction of sp³-hybridized carbons (Fsp3) is 0.533. The Balaban J connectivity index is 1.62. The highest BCUT2D eigenvalue weighted by Crippen LogP contribution is 2.16. The summed E-state index contributed by atoms with van der Waals surface area (Å²) in [5.41, 5.74) is 0.382. The molecule has 2 N–H and O–H groups in total. The van der Waals surface area contributed by atoms with E-state index in [0.717, 1.165) is 12.8 Å². The van der Waals surface area contributed by atoms with Crippen molar-refractivity contribution in [1.29, 1.82) is 0 Å². The molecule has 2 rings (SSSR count). The third-order valence-electron chi connectivity index (χ3n) is 3.41. The molecule has 1 aromatic rings. The smallest absolute Gasteiger partial charge is 0.220 e. The van der Waals surface area contributed by atoms with E-state index in [1.54, 1.807) is 0 Å². The monoisotopic (exact) mass is 263 g/mol. The first kappa shape index (κ1) is 14.0. The van der Waals surface area contributed by atoms with Crippen LogP contribution >= 0.6 is 0 Å². The predicted molar refractivity (Wildman–Crippen MR) is 72.8 cm³/mol. The lowest BCUT2D eigenvalue weighted by molar-refractivity contribution is -0.122. The van der Waals surface area contributed by atoms with Gasteiger partial charge in [-0.15, -0.1) is 0 Å². The molecule has 1 saturated heterocycles. The van der Waals surface area contributed by atoms with Gasteiger partial charge in [0.05, 0.1) is 6.61 Å². The van der Waals surface area contributed by atoms with Crippen LogP contribution in [0.15, 0.2) is 30.3 Å². The molecule has 1 fully saturated rings. The van der Waals surface area contributed by atoms with Crippen LogP contribution in [0.2, 0.25) is 0 Å². The largest absolute Gasteiger partial charge is 0.386 e. The summed E-state index contributed by atoms with van der Waals surface area (Å²) in [6.45, 7) is 1.18. The highest BCUT2D eigenvalue weighted by Gasteiger charge is 2.32. The highest BCUT2D eigenvalue weighted by molar-refractivity contribution is 5.75. The zero-order valence-electron chi connectivity index (χ0n) is 11.1. The van der Waals surface area contributed by atoms with E-state index in [-0.39, 0.29) is 12.5 Å². The summed E-state index contributed by atoms with van der Waals surface area (Å²) in [4.78, 5) is 11.7. The van der Waals surface area contributed by atoms with Crippen molar-refractivity contribution >= 4 is 5.91 Å². The maximum atomic E-state index is 11.7. The molecule has 1 atom stereocenters. The first-order chi connectivity index (χ1) is 9.18. The third-order valence-corrected chi connectivity index (χ3v) is 3.41. The van der Waals surface area contributed by atoms with Crippen molar-refractivity contribution < 1.29 is 14.6 Å². The van der Waals surface area contributed by atoms with E-state index in [1.807, 2.05) is 18.2 Å². The number of aliphatic hydroxyl groups is 1. The Morgan fingerprint density at radius 1 is 1.37 bits per heavy atom. The van der Waals surface area contributed by atoms with Crippen molar-refractivity contribution in [3.05, 3.63) is 35.9 Å². The van der Waals surface area contributed by atoms with Gasteiger partial charge in [0.2, 0.25) is 5.91 Å². The minimum Gasteiger partial charge on any atom is -0.386 e. The molecule has 1 aliphatic heterocycles. The van der Waals surface area contributed by atoms with Crippen LogP contribution in [0.5, 0.6) is 0 Å². The summed E-state index contributed by atoms with van der Waals surface area (Å²) < 4.78 is 5.13. The topological polar surface area (TPSA) is 58.6 Å². The van der Waals surface area contributed by atoms with Crippen molar-refractivity contribution in [1.82, 2.24) is 5.32 Å². The van der Waals surface area contributed by atoms with Crippen LogP contribution in [0.25, 0.3) is 0 Å². The predicted octanol–water partition coefficient (Wildman–Crippen LogP) is 1.28. The maximum Gasteiger partial charge on any atom is 0.220 e. The summed E-state index contributed by atoms with van der Waals surface area (Å²) >= 11 is 0. The van der Waals surface area contributed by atoms with Gasteiger partial charge in [0.25, 0.3) is 0 Å². The average molecular weight is 263 g/mol. The molecule has 0 saturated carbocycles. The Morgan fingerprint density at radius 2 is 2.16 bits per heavy atom. The first-order valence-corrected chi connectivity index (χ1v) is 6.79. The van der Waals surface area contributed by atoms with Crippen molar-refractivity contribution in [2.24, 2.45) is 0 Å². The van der Waals surface area contributed by atoms with Crippen LogP contribution < -0.4 is 5.32 Å². The molecule has 0 aliphatic carbocycles. The molecule has 1 aliphatic rings. The van der Waals surface area contributed by atoms with Crippen LogP contribution in [-0.2, 0) is 16.0 Å². The number of benzene rings is 1. The second-order valence-electron chi connectivity index (χ2n) is 5.14. The van der Waals surface area contributed by atoms with E-state index < -0.39 is 5.60 Å². The molecule has 0 aromatic heterocycles.